The van der Waals surface area contributed by atoms with E-state index in [1.165, 1.54) is 38.8 Å². The first-order valence-corrected chi connectivity index (χ1v) is 6.71. The molecule has 2 aliphatic rings. The van der Waals surface area contributed by atoms with Crippen LogP contribution in [0.5, 0.6) is 0 Å². The van der Waals surface area contributed by atoms with Crippen LogP contribution in [0.3, 0.4) is 0 Å². The number of hydrogen-bond donors (Lipinski definition) is 1. The molecular formula is C13H26N2. The van der Waals surface area contributed by atoms with E-state index in [4.69, 9.17) is 0 Å². The first kappa shape index (κ1) is 11.4. The smallest absolute Gasteiger partial charge is 0.0221 e. The minimum absolute atomic E-state index is 0.676. The van der Waals surface area contributed by atoms with Crippen molar-refractivity contribution in [3.05, 3.63) is 0 Å². The predicted octanol–water partition coefficient (Wildman–Crippen LogP) is 2.25. The average molecular weight is 210 g/mol. The second-order valence-corrected chi connectivity index (χ2v) is 5.50. The fourth-order valence-electron chi connectivity index (χ4n) is 3.05. The maximum Gasteiger partial charge on any atom is 0.0221 e. The van der Waals surface area contributed by atoms with E-state index in [0.29, 0.717) is 6.04 Å². The van der Waals surface area contributed by atoms with Crippen molar-refractivity contribution < 1.29 is 0 Å². The molecule has 3 atom stereocenters. The van der Waals surface area contributed by atoms with Crippen molar-refractivity contribution in [2.24, 2.45) is 5.92 Å². The van der Waals surface area contributed by atoms with Crippen LogP contribution in [0.15, 0.2) is 0 Å². The van der Waals surface area contributed by atoms with Gasteiger partial charge in [-0.25, -0.2) is 0 Å². The Morgan fingerprint density at radius 1 is 1.40 bits per heavy atom. The van der Waals surface area contributed by atoms with Gasteiger partial charge in [0.1, 0.15) is 0 Å². The summed E-state index contributed by atoms with van der Waals surface area (Å²) in [5.74, 6) is 0.990. The van der Waals surface area contributed by atoms with Gasteiger partial charge in [0.25, 0.3) is 0 Å². The Morgan fingerprint density at radius 2 is 2.13 bits per heavy atom. The molecule has 2 nitrogen and oxygen atoms in total. The Bertz CT molecular complexity index is 201. The van der Waals surface area contributed by atoms with E-state index in [-0.39, 0.29) is 0 Å². The summed E-state index contributed by atoms with van der Waals surface area (Å²) >= 11 is 0. The van der Waals surface area contributed by atoms with Gasteiger partial charge in [-0.05, 0) is 39.0 Å². The standard InChI is InChI=1S/C13H26N2/c1-4-13-8-14-10(2)9-15(13)11(3)12-6-5-7-12/h10-14H,4-9H2,1-3H3. The van der Waals surface area contributed by atoms with Crippen molar-refractivity contribution in [2.75, 3.05) is 13.1 Å². The zero-order valence-electron chi connectivity index (χ0n) is 10.5. The summed E-state index contributed by atoms with van der Waals surface area (Å²) in [6.07, 6.45) is 5.69. The Balaban J connectivity index is 1.95. The van der Waals surface area contributed by atoms with Gasteiger partial charge in [0, 0.05) is 31.2 Å². The van der Waals surface area contributed by atoms with Gasteiger partial charge in [-0.2, -0.15) is 0 Å². The van der Waals surface area contributed by atoms with Gasteiger partial charge in [-0.15, -0.1) is 0 Å². The number of hydrogen-bond acceptors (Lipinski definition) is 2. The Labute approximate surface area is 94.4 Å². The van der Waals surface area contributed by atoms with Crippen molar-refractivity contribution in [1.29, 1.82) is 0 Å². The summed E-state index contributed by atoms with van der Waals surface area (Å²) < 4.78 is 0. The van der Waals surface area contributed by atoms with Crippen molar-refractivity contribution in [1.82, 2.24) is 10.2 Å². The fraction of sp³-hybridized carbons (Fsp3) is 1.00. The number of nitrogens with zero attached hydrogens (tertiary/aromatic N) is 1. The molecule has 2 rings (SSSR count). The molecule has 0 aromatic carbocycles. The van der Waals surface area contributed by atoms with E-state index in [1.807, 2.05) is 0 Å². The summed E-state index contributed by atoms with van der Waals surface area (Å²) in [7, 11) is 0. The molecule has 1 heterocycles. The van der Waals surface area contributed by atoms with Gasteiger partial charge < -0.3 is 5.32 Å². The van der Waals surface area contributed by atoms with E-state index in [0.717, 1.165) is 18.0 Å². The van der Waals surface area contributed by atoms with E-state index < -0.39 is 0 Å². The molecule has 0 spiro atoms. The van der Waals surface area contributed by atoms with E-state index >= 15 is 0 Å². The molecule has 0 aromatic heterocycles. The summed E-state index contributed by atoms with van der Waals surface area (Å²) in [4.78, 5) is 2.77. The Hall–Kier alpha value is -0.0800. The first-order chi connectivity index (χ1) is 7.22. The maximum atomic E-state index is 3.60. The lowest BCUT2D eigenvalue weighted by atomic mass is 9.79. The minimum atomic E-state index is 0.676. The molecule has 2 fully saturated rings. The third-order valence-electron chi connectivity index (χ3n) is 4.48. The molecule has 0 amide bonds. The van der Waals surface area contributed by atoms with Crippen molar-refractivity contribution in [2.45, 2.75) is 64.6 Å². The van der Waals surface area contributed by atoms with Crippen LogP contribution in [-0.4, -0.2) is 36.1 Å². The molecule has 0 radical (unpaired) electrons. The summed E-state index contributed by atoms with van der Waals surface area (Å²) in [5.41, 5.74) is 0. The van der Waals surface area contributed by atoms with Gasteiger partial charge in [0.2, 0.25) is 0 Å². The molecule has 1 saturated heterocycles. The second-order valence-electron chi connectivity index (χ2n) is 5.50. The lowest BCUT2D eigenvalue weighted by Gasteiger charge is -2.47. The summed E-state index contributed by atoms with van der Waals surface area (Å²) in [6, 6.07) is 2.26. The molecule has 1 saturated carbocycles. The van der Waals surface area contributed by atoms with Crippen molar-refractivity contribution in [3.63, 3.8) is 0 Å². The van der Waals surface area contributed by atoms with Crippen LogP contribution in [-0.2, 0) is 0 Å². The predicted molar refractivity (Wildman–Crippen MR) is 65.1 cm³/mol. The van der Waals surface area contributed by atoms with Gasteiger partial charge in [0.15, 0.2) is 0 Å². The highest BCUT2D eigenvalue weighted by molar-refractivity contribution is 4.90. The van der Waals surface area contributed by atoms with E-state index in [9.17, 15) is 0 Å². The van der Waals surface area contributed by atoms with Crippen LogP contribution in [0.2, 0.25) is 0 Å². The van der Waals surface area contributed by atoms with Gasteiger partial charge in [-0.1, -0.05) is 13.3 Å². The topological polar surface area (TPSA) is 15.3 Å². The lowest BCUT2D eigenvalue weighted by Crippen LogP contribution is -2.59. The van der Waals surface area contributed by atoms with Crippen LogP contribution in [0.4, 0.5) is 0 Å². The fourth-order valence-corrected chi connectivity index (χ4v) is 3.05. The highest BCUT2D eigenvalue weighted by Crippen LogP contribution is 2.33. The second kappa shape index (κ2) is 4.84. The molecule has 3 unspecified atom stereocenters. The SMILES string of the molecule is CCC1CNC(C)CN1C(C)C1CCC1. The number of rotatable bonds is 3. The molecule has 88 valence electrons. The molecule has 0 aromatic rings. The molecule has 15 heavy (non-hydrogen) atoms. The van der Waals surface area contributed by atoms with Gasteiger partial charge in [0.05, 0.1) is 0 Å². The normalized spacial score (nSPS) is 36.2. The zero-order chi connectivity index (χ0) is 10.8. The van der Waals surface area contributed by atoms with Crippen molar-refractivity contribution >= 4 is 0 Å². The highest BCUT2D eigenvalue weighted by atomic mass is 15.3. The molecule has 1 aliphatic carbocycles. The molecule has 2 heteroatoms. The largest absolute Gasteiger partial charge is 0.311 e. The first-order valence-electron chi connectivity index (χ1n) is 6.71. The van der Waals surface area contributed by atoms with Crippen LogP contribution in [0, 0.1) is 5.92 Å². The van der Waals surface area contributed by atoms with E-state index in [1.54, 1.807) is 0 Å². The van der Waals surface area contributed by atoms with Crippen LogP contribution in [0.25, 0.3) is 0 Å². The van der Waals surface area contributed by atoms with E-state index in [2.05, 4.69) is 31.0 Å². The quantitative estimate of drug-likeness (QED) is 0.768. The molecule has 1 N–H and O–H groups in total. The third-order valence-corrected chi connectivity index (χ3v) is 4.48. The monoisotopic (exact) mass is 210 g/mol. The summed E-state index contributed by atoms with van der Waals surface area (Å²) in [5, 5.41) is 3.60. The van der Waals surface area contributed by atoms with Crippen LogP contribution < -0.4 is 5.32 Å². The maximum absolute atomic E-state index is 3.60. The highest BCUT2D eigenvalue weighted by Gasteiger charge is 2.34. The number of piperazine rings is 1. The molecule has 0 bridgehead atoms. The Kier molecular flexibility index (Phi) is 3.68. The summed E-state index contributed by atoms with van der Waals surface area (Å²) in [6.45, 7) is 9.52. The average Bonchev–Trinajstić information content (AvgIpc) is 2.15. The van der Waals surface area contributed by atoms with Crippen LogP contribution >= 0.6 is 0 Å². The van der Waals surface area contributed by atoms with Gasteiger partial charge in [-0.3, -0.25) is 4.90 Å². The van der Waals surface area contributed by atoms with Crippen molar-refractivity contribution in [3.8, 4) is 0 Å². The number of nitrogens with one attached hydrogen (secondary N) is 1. The molecule has 1 aliphatic heterocycles. The molecular weight excluding hydrogens is 184 g/mol. The minimum Gasteiger partial charge on any atom is -0.311 e. The lowest BCUT2D eigenvalue weighted by molar-refractivity contribution is 0.0377. The zero-order valence-corrected chi connectivity index (χ0v) is 10.5. The van der Waals surface area contributed by atoms with Crippen LogP contribution in [0.1, 0.15) is 46.5 Å². The Morgan fingerprint density at radius 3 is 2.67 bits per heavy atom. The van der Waals surface area contributed by atoms with Gasteiger partial charge >= 0.3 is 0 Å². The third kappa shape index (κ3) is 2.36.